The first-order valence-corrected chi connectivity index (χ1v) is 5.82. The second kappa shape index (κ2) is 6.10. The van der Waals surface area contributed by atoms with Crippen LogP contribution < -0.4 is 5.73 Å². The molecule has 1 atom stereocenters. The molecule has 0 saturated heterocycles. The van der Waals surface area contributed by atoms with Gasteiger partial charge in [0, 0.05) is 5.54 Å². The van der Waals surface area contributed by atoms with Gasteiger partial charge in [-0.25, -0.2) is 0 Å². The van der Waals surface area contributed by atoms with Crippen LogP contribution in [0.25, 0.3) is 0 Å². The Morgan fingerprint density at radius 3 is 2.18 bits per heavy atom. The van der Waals surface area contributed by atoms with Gasteiger partial charge in [0.15, 0.2) is 0 Å². The van der Waals surface area contributed by atoms with E-state index in [0.29, 0.717) is 6.42 Å². The van der Waals surface area contributed by atoms with Gasteiger partial charge in [-0.15, -0.1) is 0 Å². The molecule has 2 N–H and O–H groups in total. The summed E-state index contributed by atoms with van der Waals surface area (Å²) in [4.78, 5) is 21.8. The summed E-state index contributed by atoms with van der Waals surface area (Å²) in [6.45, 7) is 9.77. The summed E-state index contributed by atoms with van der Waals surface area (Å²) in [5.41, 5.74) is 5.36. The maximum atomic E-state index is 11.9. The van der Waals surface area contributed by atoms with Crippen LogP contribution in [0, 0.1) is 16.2 Å². The SMILES string of the molecule is CC(C)(C)CC(C(=O)OCCN=O)C(C)(C)N. The zero-order chi connectivity index (χ0) is 13.7. The summed E-state index contributed by atoms with van der Waals surface area (Å²) >= 11 is 0. The molecule has 0 aromatic carbocycles. The number of carbonyl (C=O) groups is 1. The van der Waals surface area contributed by atoms with Crippen LogP contribution in [0.15, 0.2) is 5.18 Å². The second-order valence-electron chi connectivity index (χ2n) is 6.16. The van der Waals surface area contributed by atoms with Gasteiger partial charge >= 0.3 is 5.97 Å². The van der Waals surface area contributed by atoms with Gasteiger partial charge < -0.3 is 10.5 Å². The molecule has 5 heteroatoms. The summed E-state index contributed by atoms with van der Waals surface area (Å²) < 4.78 is 5.00. The summed E-state index contributed by atoms with van der Waals surface area (Å²) in [5, 5.41) is 2.65. The Morgan fingerprint density at radius 2 is 1.82 bits per heavy atom. The van der Waals surface area contributed by atoms with Gasteiger partial charge in [-0.05, 0) is 25.7 Å². The average Bonchev–Trinajstić information content (AvgIpc) is 2.11. The molecular formula is C12H24N2O3. The number of esters is 1. The molecule has 0 fully saturated rings. The van der Waals surface area contributed by atoms with E-state index < -0.39 is 5.54 Å². The normalized spacial score (nSPS) is 14.2. The number of nitrogens with zero attached hydrogens (tertiary/aromatic N) is 1. The van der Waals surface area contributed by atoms with Gasteiger partial charge in [-0.3, -0.25) is 4.79 Å². The highest BCUT2D eigenvalue weighted by Crippen LogP contribution is 2.30. The summed E-state index contributed by atoms with van der Waals surface area (Å²) in [5.74, 6) is -0.731. The van der Waals surface area contributed by atoms with Crippen molar-refractivity contribution in [3.8, 4) is 0 Å². The lowest BCUT2D eigenvalue weighted by Gasteiger charge is -2.33. The predicted molar refractivity (Wildman–Crippen MR) is 67.4 cm³/mol. The zero-order valence-corrected chi connectivity index (χ0v) is 11.4. The highest BCUT2D eigenvalue weighted by Gasteiger charge is 2.36. The number of carbonyl (C=O) groups excluding carboxylic acids is 1. The van der Waals surface area contributed by atoms with Gasteiger partial charge in [0.1, 0.15) is 13.2 Å². The minimum absolute atomic E-state index is 0.0107. The van der Waals surface area contributed by atoms with Crippen LogP contribution in [-0.4, -0.2) is 24.7 Å². The van der Waals surface area contributed by atoms with Crippen molar-refractivity contribution in [2.24, 2.45) is 22.2 Å². The highest BCUT2D eigenvalue weighted by molar-refractivity contribution is 5.74. The molecule has 0 aromatic heterocycles. The zero-order valence-electron chi connectivity index (χ0n) is 11.4. The molecule has 0 heterocycles. The lowest BCUT2D eigenvalue weighted by molar-refractivity contribution is -0.151. The molecule has 0 rings (SSSR count). The molecule has 0 aromatic rings. The van der Waals surface area contributed by atoms with Crippen LogP contribution in [0.2, 0.25) is 0 Å². The molecule has 100 valence electrons. The van der Waals surface area contributed by atoms with E-state index >= 15 is 0 Å². The number of rotatable bonds is 6. The molecule has 0 radical (unpaired) electrons. The summed E-state index contributed by atoms with van der Waals surface area (Å²) in [6, 6.07) is 0. The van der Waals surface area contributed by atoms with Gasteiger partial charge in [0.2, 0.25) is 0 Å². The predicted octanol–water partition coefficient (Wildman–Crippen LogP) is 2.09. The second-order valence-corrected chi connectivity index (χ2v) is 6.16. The summed E-state index contributed by atoms with van der Waals surface area (Å²) in [7, 11) is 0. The van der Waals surface area contributed by atoms with E-state index in [1.165, 1.54) is 0 Å². The van der Waals surface area contributed by atoms with E-state index in [9.17, 15) is 9.70 Å². The Kier molecular flexibility index (Phi) is 5.75. The molecule has 0 aliphatic carbocycles. The van der Waals surface area contributed by atoms with Crippen molar-refractivity contribution in [3.05, 3.63) is 4.91 Å². The maximum Gasteiger partial charge on any atom is 0.310 e. The Bertz CT molecular complexity index is 264. The fraction of sp³-hybridized carbons (Fsp3) is 0.917. The number of ether oxygens (including phenoxy) is 1. The van der Waals surface area contributed by atoms with Gasteiger partial charge in [0.05, 0.1) is 5.92 Å². The minimum atomic E-state index is -0.640. The third-order valence-corrected chi connectivity index (χ3v) is 2.43. The smallest absolute Gasteiger partial charge is 0.310 e. The number of nitrogens with two attached hydrogens (primary N) is 1. The van der Waals surface area contributed by atoms with Crippen LogP contribution in [0.1, 0.15) is 41.0 Å². The van der Waals surface area contributed by atoms with Crippen molar-refractivity contribution in [3.63, 3.8) is 0 Å². The van der Waals surface area contributed by atoms with Crippen molar-refractivity contribution in [2.75, 3.05) is 13.2 Å². The van der Waals surface area contributed by atoms with Crippen molar-refractivity contribution in [2.45, 2.75) is 46.6 Å². The molecule has 1 unspecified atom stereocenters. The fourth-order valence-electron chi connectivity index (χ4n) is 1.55. The Morgan fingerprint density at radius 1 is 1.29 bits per heavy atom. The molecule has 0 aliphatic rings. The van der Waals surface area contributed by atoms with Gasteiger partial charge in [-0.2, -0.15) is 4.91 Å². The van der Waals surface area contributed by atoms with Crippen molar-refractivity contribution < 1.29 is 9.53 Å². The van der Waals surface area contributed by atoms with Crippen LogP contribution in [-0.2, 0) is 9.53 Å². The van der Waals surface area contributed by atoms with Crippen molar-refractivity contribution in [1.82, 2.24) is 0 Å². The minimum Gasteiger partial charge on any atom is -0.463 e. The average molecular weight is 244 g/mol. The number of hydrogen-bond acceptors (Lipinski definition) is 5. The Balaban J connectivity index is 4.59. The van der Waals surface area contributed by atoms with Crippen molar-refractivity contribution in [1.29, 1.82) is 0 Å². The topological polar surface area (TPSA) is 81.8 Å². The number of hydrogen-bond donors (Lipinski definition) is 1. The molecule has 0 aliphatic heterocycles. The quantitative estimate of drug-likeness (QED) is 0.440. The molecular weight excluding hydrogens is 220 g/mol. The summed E-state index contributed by atoms with van der Waals surface area (Å²) in [6.07, 6.45) is 0.643. The third-order valence-electron chi connectivity index (χ3n) is 2.43. The molecule has 17 heavy (non-hydrogen) atoms. The van der Waals surface area contributed by atoms with Crippen LogP contribution in [0.4, 0.5) is 0 Å². The number of nitroso groups, excluding NO2 is 1. The van der Waals surface area contributed by atoms with Crippen LogP contribution >= 0.6 is 0 Å². The fourth-order valence-corrected chi connectivity index (χ4v) is 1.55. The van der Waals surface area contributed by atoms with E-state index in [-0.39, 0.29) is 30.5 Å². The van der Waals surface area contributed by atoms with Crippen LogP contribution in [0.5, 0.6) is 0 Å². The first-order valence-electron chi connectivity index (χ1n) is 5.82. The lowest BCUT2D eigenvalue weighted by Crippen LogP contribution is -2.47. The van der Waals surface area contributed by atoms with E-state index in [1.54, 1.807) is 0 Å². The first-order chi connectivity index (χ1) is 7.58. The van der Waals surface area contributed by atoms with E-state index in [0.717, 1.165) is 0 Å². The largest absolute Gasteiger partial charge is 0.463 e. The van der Waals surface area contributed by atoms with Crippen molar-refractivity contribution >= 4 is 5.97 Å². The molecule has 0 bridgehead atoms. The van der Waals surface area contributed by atoms with Gasteiger partial charge in [-0.1, -0.05) is 25.9 Å². The van der Waals surface area contributed by atoms with E-state index in [2.05, 4.69) is 5.18 Å². The monoisotopic (exact) mass is 244 g/mol. The maximum absolute atomic E-state index is 11.9. The Labute approximate surface area is 103 Å². The Hall–Kier alpha value is -0.970. The van der Waals surface area contributed by atoms with E-state index in [4.69, 9.17) is 10.5 Å². The van der Waals surface area contributed by atoms with E-state index in [1.807, 2.05) is 34.6 Å². The molecule has 5 nitrogen and oxygen atoms in total. The molecule has 0 saturated carbocycles. The van der Waals surface area contributed by atoms with Gasteiger partial charge in [0.25, 0.3) is 0 Å². The standard InChI is InChI=1S/C12H24N2O3/c1-11(2,3)8-9(12(4,5)13)10(15)17-7-6-14-16/h9H,6-8,13H2,1-5H3. The molecule has 0 spiro atoms. The highest BCUT2D eigenvalue weighted by atomic mass is 16.5. The first kappa shape index (κ1) is 16.0. The lowest BCUT2D eigenvalue weighted by atomic mass is 9.76. The molecule has 0 amide bonds. The van der Waals surface area contributed by atoms with Crippen LogP contribution in [0.3, 0.4) is 0 Å². The third kappa shape index (κ3) is 7.05.